The molecule has 2 aliphatic carbocycles. The van der Waals surface area contributed by atoms with E-state index in [-0.39, 0.29) is 5.54 Å². The van der Waals surface area contributed by atoms with Crippen molar-refractivity contribution in [3.8, 4) is 0 Å². The highest BCUT2D eigenvalue weighted by molar-refractivity contribution is 5.63. The molecule has 148 valence electrons. The van der Waals surface area contributed by atoms with Gasteiger partial charge in [0.05, 0.1) is 0 Å². The largest absolute Gasteiger partial charge is 0.312 e. The van der Waals surface area contributed by atoms with Crippen LogP contribution in [0.25, 0.3) is 6.08 Å². The molecule has 1 fully saturated rings. The Morgan fingerprint density at radius 2 is 1.57 bits per heavy atom. The molecule has 0 unspecified atom stereocenters. The summed E-state index contributed by atoms with van der Waals surface area (Å²) in [5.41, 5.74) is 6.46. The summed E-state index contributed by atoms with van der Waals surface area (Å²) in [5.74, 6) is 0. The van der Waals surface area contributed by atoms with Gasteiger partial charge in [0, 0.05) is 18.6 Å². The summed E-state index contributed by atoms with van der Waals surface area (Å²) >= 11 is 0. The summed E-state index contributed by atoms with van der Waals surface area (Å²) in [4.78, 5) is 2.45. The van der Waals surface area contributed by atoms with Crippen LogP contribution in [0.1, 0.15) is 49.3 Å². The van der Waals surface area contributed by atoms with E-state index in [1.54, 1.807) is 0 Å². The highest BCUT2D eigenvalue weighted by Gasteiger charge is 2.42. The molecule has 0 heterocycles. The van der Waals surface area contributed by atoms with E-state index in [9.17, 15) is 0 Å². The maximum atomic E-state index is 3.79. The molecule has 2 nitrogen and oxygen atoms in total. The molecule has 2 aliphatic rings. The van der Waals surface area contributed by atoms with Crippen molar-refractivity contribution in [2.75, 3.05) is 27.2 Å². The Hall–Kier alpha value is -1.90. The lowest BCUT2D eigenvalue weighted by molar-refractivity contribution is 0.0429. The molecule has 0 amide bonds. The lowest BCUT2D eigenvalue weighted by Gasteiger charge is -2.49. The lowest BCUT2D eigenvalue weighted by Crippen LogP contribution is -2.48. The standard InChI is InChI=1S/C26H34N2/c1-25(20-27-19-21-17-22-9-7-8-10-23(22)18-21)13-15-26(16-14-25,28(2)3)24-11-5-4-6-12-24/h4-12,17,27H,13-16,18-20H2,1-3H3. The summed E-state index contributed by atoms with van der Waals surface area (Å²) in [5, 5.41) is 3.79. The van der Waals surface area contributed by atoms with E-state index in [0.29, 0.717) is 5.41 Å². The number of hydrogen-bond acceptors (Lipinski definition) is 2. The predicted molar refractivity (Wildman–Crippen MR) is 119 cm³/mol. The Labute approximate surface area is 170 Å². The van der Waals surface area contributed by atoms with E-state index in [4.69, 9.17) is 0 Å². The molecular formula is C26H34N2. The molecule has 2 aromatic rings. The number of nitrogens with zero attached hydrogens (tertiary/aromatic N) is 1. The smallest absolute Gasteiger partial charge is 0.0455 e. The van der Waals surface area contributed by atoms with Crippen LogP contribution >= 0.6 is 0 Å². The van der Waals surface area contributed by atoms with Crippen LogP contribution in [0.2, 0.25) is 0 Å². The summed E-state index contributed by atoms with van der Waals surface area (Å²) in [6, 6.07) is 19.9. The third kappa shape index (κ3) is 3.81. The van der Waals surface area contributed by atoms with Crippen molar-refractivity contribution in [1.82, 2.24) is 10.2 Å². The number of rotatable bonds is 6. The van der Waals surface area contributed by atoms with Crippen molar-refractivity contribution >= 4 is 6.08 Å². The third-order valence-electron chi connectivity index (χ3n) is 7.19. The van der Waals surface area contributed by atoms with Crippen LogP contribution in [0.3, 0.4) is 0 Å². The lowest BCUT2D eigenvalue weighted by atomic mass is 9.65. The van der Waals surface area contributed by atoms with Crippen LogP contribution in [0, 0.1) is 5.41 Å². The topological polar surface area (TPSA) is 15.3 Å². The zero-order chi connectivity index (χ0) is 19.6. The first-order chi connectivity index (χ1) is 13.5. The molecule has 0 aromatic heterocycles. The van der Waals surface area contributed by atoms with Crippen molar-refractivity contribution in [3.63, 3.8) is 0 Å². The summed E-state index contributed by atoms with van der Waals surface area (Å²) in [6.45, 7) is 4.60. The van der Waals surface area contributed by atoms with E-state index in [2.05, 4.69) is 91.9 Å². The Balaban J connectivity index is 1.34. The van der Waals surface area contributed by atoms with Gasteiger partial charge in [-0.05, 0) is 68.3 Å². The fourth-order valence-electron chi connectivity index (χ4n) is 5.18. The molecule has 0 radical (unpaired) electrons. The minimum absolute atomic E-state index is 0.191. The molecule has 2 aromatic carbocycles. The van der Waals surface area contributed by atoms with Gasteiger partial charge in [0.15, 0.2) is 0 Å². The fourth-order valence-corrected chi connectivity index (χ4v) is 5.18. The van der Waals surface area contributed by atoms with Gasteiger partial charge < -0.3 is 5.32 Å². The Kier molecular flexibility index (Phi) is 5.44. The van der Waals surface area contributed by atoms with Crippen molar-refractivity contribution < 1.29 is 0 Å². The third-order valence-corrected chi connectivity index (χ3v) is 7.19. The molecular weight excluding hydrogens is 340 g/mol. The van der Waals surface area contributed by atoms with Gasteiger partial charge in [-0.1, -0.05) is 73.2 Å². The van der Waals surface area contributed by atoms with Crippen molar-refractivity contribution in [2.24, 2.45) is 5.41 Å². The zero-order valence-corrected chi connectivity index (χ0v) is 17.7. The number of nitrogens with one attached hydrogen (secondary N) is 1. The number of fused-ring (bicyclic) bond motifs is 1. The van der Waals surface area contributed by atoms with E-state index in [1.807, 2.05) is 0 Å². The van der Waals surface area contributed by atoms with Crippen LogP contribution in [0.5, 0.6) is 0 Å². The van der Waals surface area contributed by atoms with Crippen LogP contribution in [0.15, 0.2) is 60.2 Å². The molecule has 0 atom stereocenters. The quantitative estimate of drug-likeness (QED) is 0.742. The van der Waals surface area contributed by atoms with Crippen LogP contribution < -0.4 is 5.32 Å². The second kappa shape index (κ2) is 7.85. The molecule has 1 saturated carbocycles. The molecule has 4 rings (SSSR count). The second-order valence-electron chi connectivity index (χ2n) is 9.38. The van der Waals surface area contributed by atoms with Gasteiger partial charge >= 0.3 is 0 Å². The highest BCUT2D eigenvalue weighted by Crippen LogP contribution is 2.47. The summed E-state index contributed by atoms with van der Waals surface area (Å²) < 4.78 is 0. The van der Waals surface area contributed by atoms with Gasteiger partial charge in [-0.15, -0.1) is 0 Å². The van der Waals surface area contributed by atoms with E-state index in [0.717, 1.165) is 19.5 Å². The first-order valence-corrected chi connectivity index (χ1v) is 10.7. The molecule has 28 heavy (non-hydrogen) atoms. The molecule has 0 bridgehead atoms. The minimum atomic E-state index is 0.191. The minimum Gasteiger partial charge on any atom is -0.312 e. The normalized spacial score (nSPS) is 26.9. The van der Waals surface area contributed by atoms with E-state index in [1.165, 1.54) is 47.9 Å². The predicted octanol–water partition coefficient (Wildman–Crippen LogP) is 5.25. The molecule has 1 N–H and O–H groups in total. The average Bonchev–Trinajstić information content (AvgIpc) is 3.12. The Morgan fingerprint density at radius 3 is 2.25 bits per heavy atom. The SMILES string of the molecule is CN(C)C1(c2ccccc2)CCC(C)(CNCC2=Cc3ccccc3C2)CC1. The molecule has 0 aliphatic heterocycles. The van der Waals surface area contributed by atoms with Gasteiger partial charge in [-0.25, -0.2) is 0 Å². The van der Waals surface area contributed by atoms with Gasteiger partial charge in [0.25, 0.3) is 0 Å². The first-order valence-electron chi connectivity index (χ1n) is 10.7. The monoisotopic (exact) mass is 374 g/mol. The molecule has 0 saturated heterocycles. The van der Waals surface area contributed by atoms with Crippen LogP contribution in [-0.4, -0.2) is 32.1 Å². The summed E-state index contributed by atoms with van der Waals surface area (Å²) in [6.07, 6.45) is 8.49. The molecule has 2 heteroatoms. The van der Waals surface area contributed by atoms with E-state index >= 15 is 0 Å². The van der Waals surface area contributed by atoms with Gasteiger partial charge in [0.1, 0.15) is 0 Å². The summed E-state index contributed by atoms with van der Waals surface area (Å²) in [7, 11) is 4.50. The zero-order valence-electron chi connectivity index (χ0n) is 17.7. The Morgan fingerprint density at radius 1 is 0.893 bits per heavy atom. The number of hydrogen-bond donors (Lipinski definition) is 1. The van der Waals surface area contributed by atoms with Crippen LogP contribution in [0.4, 0.5) is 0 Å². The van der Waals surface area contributed by atoms with Gasteiger partial charge in [-0.2, -0.15) is 0 Å². The van der Waals surface area contributed by atoms with Crippen molar-refractivity contribution in [2.45, 2.75) is 44.6 Å². The van der Waals surface area contributed by atoms with Gasteiger partial charge in [0.2, 0.25) is 0 Å². The average molecular weight is 375 g/mol. The maximum absolute atomic E-state index is 3.79. The number of benzene rings is 2. The van der Waals surface area contributed by atoms with Crippen molar-refractivity contribution in [3.05, 3.63) is 76.9 Å². The maximum Gasteiger partial charge on any atom is 0.0455 e. The first kappa shape index (κ1) is 19.4. The highest BCUT2D eigenvalue weighted by atomic mass is 15.1. The molecule has 0 spiro atoms. The van der Waals surface area contributed by atoms with Crippen molar-refractivity contribution in [1.29, 1.82) is 0 Å². The van der Waals surface area contributed by atoms with Gasteiger partial charge in [-0.3, -0.25) is 4.90 Å². The Bertz CT molecular complexity index is 827. The fraction of sp³-hybridized carbons (Fsp3) is 0.462. The van der Waals surface area contributed by atoms with E-state index < -0.39 is 0 Å². The second-order valence-corrected chi connectivity index (χ2v) is 9.38. The van der Waals surface area contributed by atoms with Crippen LogP contribution in [-0.2, 0) is 12.0 Å².